The first-order valence-electron chi connectivity index (χ1n) is 4.57. The predicted molar refractivity (Wildman–Crippen MR) is 54.8 cm³/mol. The van der Waals surface area contributed by atoms with Crippen LogP contribution < -0.4 is 0 Å². The summed E-state index contributed by atoms with van der Waals surface area (Å²) in [5.74, 6) is -0.277. The lowest BCUT2D eigenvalue weighted by molar-refractivity contribution is -0.191. The lowest BCUT2D eigenvalue weighted by atomic mass is 10.2. The summed E-state index contributed by atoms with van der Waals surface area (Å²) >= 11 is 0. The largest absolute Gasteiger partial charge is 0.466 e. The quantitative estimate of drug-likeness (QED) is 0.302. The topological polar surface area (TPSA) is 60.4 Å². The van der Waals surface area contributed by atoms with Crippen LogP contribution in [0, 0.1) is 0 Å². The summed E-state index contributed by atoms with van der Waals surface area (Å²) < 4.78 is 4.44. The Hall–Kier alpha value is -1.67. The molecule has 0 aliphatic heterocycles. The summed E-state index contributed by atoms with van der Waals surface area (Å²) in [4.78, 5) is 26.8. The molecular weight excluding hydrogens is 196 g/mol. The number of unbranched alkanes of at least 4 members (excludes halogenated alkanes) is 2. The molecule has 0 aliphatic rings. The van der Waals surface area contributed by atoms with Gasteiger partial charge in [-0.3, -0.25) is 0 Å². The molecule has 0 spiro atoms. The second-order valence-corrected chi connectivity index (χ2v) is 2.51. The summed E-state index contributed by atoms with van der Waals surface area (Å²) in [5.41, 5.74) is 0. The highest BCUT2D eigenvalue weighted by atomic mass is 16.5. The first-order valence-corrected chi connectivity index (χ1v) is 4.57. The lowest BCUT2D eigenvalue weighted by Crippen LogP contribution is -1.93. The Balaban J connectivity index is 0. The molecule has 0 bridgehead atoms. The van der Waals surface area contributed by atoms with E-state index in [1.54, 1.807) is 0 Å². The fraction of sp³-hybridized carbons (Fsp3) is 0.455. The van der Waals surface area contributed by atoms with Crippen molar-refractivity contribution in [1.29, 1.82) is 0 Å². The first kappa shape index (κ1) is 15.8. The van der Waals surface area contributed by atoms with Gasteiger partial charge in [-0.25, -0.2) is 4.79 Å². The van der Waals surface area contributed by atoms with E-state index in [0.717, 1.165) is 19.3 Å². The van der Waals surface area contributed by atoms with Crippen LogP contribution in [0.4, 0.5) is 0 Å². The van der Waals surface area contributed by atoms with Gasteiger partial charge in [0.2, 0.25) is 0 Å². The molecule has 0 aromatic rings. The monoisotopic (exact) mass is 212 g/mol. The third kappa shape index (κ3) is 19.0. The fourth-order valence-electron chi connectivity index (χ4n) is 0.768. The Kier molecular flexibility index (Phi) is 15.6. The highest BCUT2D eigenvalue weighted by molar-refractivity contribution is 5.81. The third-order valence-electron chi connectivity index (χ3n) is 1.43. The van der Waals surface area contributed by atoms with Gasteiger partial charge < -0.3 is 4.74 Å². The van der Waals surface area contributed by atoms with Gasteiger partial charge >= 0.3 is 12.1 Å². The van der Waals surface area contributed by atoms with Gasteiger partial charge in [0.05, 0.1) is 7.11 Å². The van der Waals surface area contributed by atoms with Gasteiger partial charge in [0.1, 0.15) is 0 Å². The van der Waals surface area contributed by atoms with E-state index in [9.17, 15) is 4.79 Å². The zero-order chi connectivity index (χ0) is 11.9. The predicted octanol–water partition coefficient (Wildman–Crippen LogP) is 1.88. The van der Waals surface area contributed by atoms with E-state index in [2.05, 4.69) is 10.8 Å². The van der Waals surface area contributed by atoms with Crippen molar-refractivity contribution in [2.75, 3.05) is 7.11 Å². The molecule has 0 amide bonds. The first-order chi connectivity index (χ1) is 7.22. The van der Waals surface area contributed by atoms with E-state index in [1.165, 1.54) is 13.2 Å². The van der Waals surface area contributed by atoms with E-state index < -0.39 is 0 Å². The normalized spacial score (nSPS) is 9.47. The van der Waals surface area contributed by atoms with E-state index in [1.807, 2.05) is 19.1 Å². The summed E-state index contributed by atoms with van der Waals surface area (Å²) in [6, 6.07) is 0. The number of allylic oxidation sites excluding steroid dienone is 3. The lowest BCUT2D eigenvalue weighted by Gasteiger charge is -1.90. The molecule has 0 heterocycles. The Morgan fingerprint density at radius 2 is 1.80 bits per heavy atom. The minimum absolute atomic E-state index is 0.250. The third-order valence-corrected chi connectivity index (χ3v) is 1.43. The van der Waals surface area contributed by atoms with Gasteiger partial charge in [0.25, 0.3) is 0 Å². The number of hydrogen-bond acceptors (Lipinski definition) is 4. The highest BCUT2D eigenvalue weighted by Crippen LogP contribution is 1.97. The van der Waals surface area contributed by atoms with Crippen LogP contribution in [0.3, 0.4) is 0 Å². The molecule has 0 fully saturated rings. The maximum Gasteiger partial charge on any atom is 0.373 e. The SMILES string of the molecule is C/C=C/CCC/C=C/C(=O)OC.O=C=O. The number of esters is 1. The zero-order valence-electron chi connectivity index (χ0n) is 9.06. The standard InChI is InChI=1S/C10H16O2.CO2/c1-3-4-5-6-7-8-9-10(11)12-2;2-1-3/h3-4,8-9H,5-7H2,1-2H3;/b4-3+,9-8+;. The van der Waals surface area contributed by atoms with Crippen molar-refractivity contribution in [2.24, 2.45) is 0 Å². The molecule has 0 aromatic carbocycles. The average molecular weight is 212 g/mol. The molecule has 0 saturated heterocycles. The van der Waals surface area contributed by atoms with Crippen molar-refractivity contribution >= 4 is 12.1 Å². The summed E-state index contributed by atoms with van der Waals surface area (Å²) in [5, 5.41) is 0. The van der Waals surface area contributed by atoms with Crippen LogP contribution in [0.1, 0.15) is 26.2 Å². The Bertz CT molecular complexity index is 235. The number of carbonyl (C=O) groups is 1. The average Bonchev–Trinajstić information content (AvgIpc) is 2.24. The molecule has 0 rings (SSSR count). The summed E-state index contributed by atoms with van der Waals surface area (Å²) in [6.07, 6.45) is 10.8. The van der Waals surface area contributed by atoms with Gasteiger partial charge in [-0.05, 0) is 26.2 Å². The second kappa shape index (κ2) is 14.8. The minimum atomic E-state index is -0.277. The van der Waals surface area contributed by atoms with Crippen LogP contribution in [-0.4, -0.2) is 19.2 Å². The molecule has 0 saturated carbocycles. The van der Waals surface area contributed by atoms with Crippen LogP contribution in [0.15, 0.2) is 24.3 Å². The van der Waals surface area contributed by atoms with Gasteiger partial charge in [0.15, 0.2) is 0 Å². The summed E-state index contributed by atoms with van der Waals surface area (Å²) in [6.45, 7) is 2.00. The number of carbonyl (C=O) groups excluding carboxylic acids is 3. The van der Waals surface area contributed by atoms with Crippen molar-refractivity contribution in [3.05, 3.63) is 24.3 Å². The molecule has 84 valence electrons. The smallest absolute Gasteiger partial charge is 0.373 e. The van der Waals surface area contributed by atoms with Gasteiger partial charge in [-0.1, -0.05) is 18.2 Å². The molecule has 0 atom stereocenters. The number of methoxy groups -OCH3 is 1. The fourth-order valence-corrected chi connectivity index (χ4v) is 0.768. The molecule has 4 heteroatoms. The van der Waals surface area contributed by atoms with E-state index in [0.29, 0.717) is 0 Å². The molecule has 0 aliphatic carbocycles. The van der Waals surface area contributed by atoms with E-state index in [-0.39, 0.29) is 12.1 Å². The minimum Gasteiger partial charge on any atom is -0.466 e. The van der Waals surface area contributed by atoms with Crippen LogP contribution in [-0.2, 0) is 19.1 Å². The molecular formula is C11H16O4. The number of rotatable bonds is 5. The van der Waals surface area contributed by atoms with Crippen molar-refractivity contribution in [3.8, 4) is 0 Å². The molecule has 0 unspecified atom stereocenters. The van der Waals surface area contributed by atoms with Crippen LogP contribution in [0.25, 0.3) is 0 Å². The van der Waals surface area contributed by atoms with Crippen molar-refractivity contribution < 1.29 is 19.1 Å². The molecule has 0 radical (unpaired) electrons. The van der Waals surface area contributed by atoms with E-state index >= 15 is 0 Å². The number of hydrogen-bond donors (Lipinski definition) is 0. The zero-order valence-corrected chi connectivity index (χ0v) is 9.06. The van der Waals surface area contributed by atoms with Crippen molar-refractivity contribution in [2.45, 2.75) is 26.2 Å². The molecule has 4 nitrogen and oxygen atoms in total. The van der Waals surface area contributed by atoms with Gasteiger partial charge in [-0.2, -0.15) is 9.59 Å². The van der Waals surface area contributed by atoms with Crippen molar-refractivity contribution in [1.82, 2.24) is 0 Å². The van der Waals surface area contributed by atoms with Crippen LogP contribution in [0.5, 0.6) is 0 Å². The Morgan fingerprint density at radius 1 is 1.27 bits per heavy atom. The van der Waals surface area contributed by atoms with Gasteiger partial charge in [-0.15, -0.1) is 0 Å². The maximum atomic E-state index is 10.6. The summed E-state index contributed by atoms with van der Waals surface area (Å²) in [7, 11) is 1.38. The molecule has 15 heavy (non-hydrogen) atoms. The second-order valence-electron chi connectivity index (χ2n) is 2.51. The van der Waals surface area contributed by atoms with Crippen molar-refractivity contribution in [3.63, 3.8) is 0 Å². The number of ether oxygens (including phenoxy) is 1. The van der Waals surface area contributed by atoms with Crippen LogP contribution in [0.2, 0.25) is 0 Å². The Labute approximate surface area is 89.6 Å². The molecule has 0 N–H and O–H groups in total. The maximum absolute atomic E-state index is 10.6. The Morgan fingerprint density at radius 3 is 2.27 bits per heavy atom. The van der Waals surface area contributed by atoms with Crippen LogP contribution >= 0.6 is 0 Å². The highest BCUT2D eigenvalue weighted by Gasteiger charge is 1.88. The van der Waals surface area contributed by atoms with Gasteiger partial charge in [0, 0.05) is 6.08 Å². The van der Waals surface area contributed by atoms with E-state index in [4.69, 9.17) is 9.59 Å². The molecule has 0 aromatic heterocycles.